The molecular formula is C17H29N3O. The molecule has 1 aromatic rings. The van der Waals surface area contributed by atoms with Crippen molar-refractivity contribution >= 4 is 0 Å². The summed E-state index contributed by atoms with van der Waals surface area (Å²) < 4.78 is 5.56. The molecule has 1 unspecified atom stereocenters. The molecule has 0 bridgehead atoms. The van der Waals surface area contributed by atoms with E-state index in [1.54, 1.807) is 0 Å². The number of aromatic nitrogens is 2. The Labute approximate surface area is 128 Å². The van der Waals surface area contributed by atoms with Crippen LogP contribution in [0.25, 0.3) is 0 Å². The van der Waals surface area contributed by atoms with Gasteiger partial charge < -0.3 is 9.84 Å². The molecule has 0 spiro atoms. The summed E-state index contributed by atoms with van der Waals surface area (Å²) in [4.78, 5) is 4.73. The van der Waals surface area contributed by atoms with E-state index in [0.717, 1.165) is 36.5 Å². The number of hydrogen-bond donors (Lipinski definition) is 1. The molecule has 118 valence electrons. The van der Waals surface area contributed by atoms with Gasteiger partial charge in [0.25, 0.3) is 0 Å². The van der Waals surface area contributed by atoms with E-state index in [0.29, 0.717) is 5.92 Å². The normalized spacial score (nSPS) is 31.3. The standard InChI is InChI=1S/C17H29N3O/c1-12(2)13-7-9-14(10-8-13)16-19-17(21-20-16)15-6-4-3-5-11-18-15/h12-15,18H,3-11H2,1-2H3. The zero-order valence-corrected chi connectivity index (χ0v) is 13.5. The fraction of sp³-hybridized carbons (Fsp3) is 0.882. The van der Waals surface area contributed by atoms with Crippen LogP contribution in [-0.2, 0) is 0 Å². The van der Waals surface area contributed by atoms with Crippen LogP contribution in [0.5, 0.6) is 0 Å². The lowest BCUT2D eigenvalue weighted by Crippen LogP contribution is -2.21. The molecule has 1 saturated carbocycles. The first-order valence-electron chi connectivity index (χ1n) is 8.81. The molecule has 2 aliphatic rings. The molecule has 21 heavy (non-hydrogen) atoms. The Balaban J connectivity index is 1.60. The van der Waals surface area contributed by atoms with Crippen LogP contribution in [0.2, 0.25) is 0 Å². The second-order valence-electron chi connectivity index (χ2n) is 7.20. The van der Waals surface area contributed by atoms with Crippen LogP contribution in [0.15, 0.2) is 4.52 Å². The summed E-state index contributed by atoms with van der Waals surface area (Å²) in [5, 5.41) is 7.83. The molecule has 2 fully saturated rings. The van der Waals surface area contributed by atoms with Gasteiger partial charge in [0.1, 0.15) is 0 Å². The van der Waals surface area contributed by atoms with Crippen LogP contribution in [-0.4, -0.2) is 16.7 Å². The van der Waals surface area contributed by atoms with Crippen LogP contribution >= 0.6 is 0 Å². The molecule has 1 aliphatic carbocycles. The maximum absolute atomic E-state index is 5.56. The van der Waals surface area contributed by atoms with Gasteiger partial charge in [0, 0.05) is 5.92 Å². The molecule has 3 rings (SSSR count). The van der Waals surface area contributed by atoms with E-state index in [1.165, 1.54) is 44.9 Å². The maximum Gasteiger partial charge on any atom is 0.243 e. The smallest absolute Gasteiger partial charge is 0.243 e. The molecule has 1 atom stereocenters. The molecule has 2 heterocycles. The highest BCUT2D eigenvalue weighted by molar-refractivity contribution is 5.00. The molecule has 0 aromatic carbocycles. The van der Waals surface area contributed by atoms with Gasteiger partial charge in [-0.2, -0.15) is 4.98 Å². The molecule has 1 aromatic heterocycles. The summed E-state index contributed by atoms with van der Waals surface area (Å²) in [5.74, 6) is 3.98. The van der Waals surface area contributed by atoms with E-state index in [1.807, 2.05) is 0 Å². The molecular weight excluding hydrogens is 262 g/mol. The molecule has 1 aliphatic heterocycles. The first kappa shape index (κ1) is 15.0. The van der Waals surface area contributed by atoms with Gasteiger partial charge in [0.15, 0.2) is 5.82 Å². The van der Waals surface area contributed by atoms with Gasteiger partial charge >= 0.3 is 0 Å². The van der Waals surface area contributed by atoms with Crippen LogP contribution in [0.3, 0.4) is 0 Å². The number of hydrogen-bond acceptors (Lipinski definition) is 4. The van der Waals surface area contributed by atoms with Crippen molar-refractivity contribution in [3.8, 4) is 0 Å². The zero-order chi connectivity index (χ0) is 14.7. The van der Waals surface area contributed by atoms with Crippen molar-refractivity contribution in [1.82, 2.24) is 15.5 Å². The quantitative estimate of drug-likeness (QED) is 0.906. The summed E-state index contributed by atoms with van der Waals surface area (Å²) in [6.45, 7) is 5.76. The molecule has 4 nitrogen and oxygen atoms in total. The summed E-state index contributed by atoms with van der Waals surface area (Å²) in [6, 6.07) is 0.278. The highest BCUT2D eigenvalue weighted by Gasteiger charge is 2.28. The van der Waals surface area contributed by atoms with Gasteiger partial charge in [0.2, 0.25) is 5.89 Å². The summed E-state index contributed by atoms with van der Waals surface area (Å²) in [5.41, 5.74) is 0. The molecule has 1 N–H and O–H groups in total. The van der Waals surface area contributed by atoms with Crippen LogP contribution < -0.4 is 5.32 Å². The van der Waals surface area contributed by atoms with Crippen molar-refractivity contribution in [1.29, 1.82) is 0 Å². The first-order chi connectivity index (χ1) is 10.2. The third kappa shape index (κ3) is 3.65. The number of nitrogens with zero attached hydrogens (tertiary/aromatic N) is 2. The SMILES string of the molecule is CC(C)C1CCC(c2noc(C3CCCCCN3)n2)CC1. The first-order valence-corrected chi connectivity index (χ1v) is 8.81. The third-order valence-electron chi connectivity index (χ3n) is 5.40. The molecule has 1 saturated heterocycles. The zero-order valence-electron chi connectivity index (χ0n) is 13.5. The Hall–Kier alpha value is -0.900. The molecule has 0 radical (unpaired) electrons. The van der Waals surface area contributed by atoms with Crippen molar-refractivity contribution in [2.45, 2.75) is 77.2 Å². The van der Waals surface area contributed by atoms with E-state index in [4.69, 9.17) is 9.51 Å². The maximum atomic E-state index is 5.56. The van der Waals surface area contributed by atoms with Crippen LogP contribution in [0, 0.1) is 11.8 Å². The highest BCUT2D eigenvalue weighted by Crippen LogP contribution is 2.38. The van der Waals surface area contributed by atoms with Crippen molar-refractivity contribution < 1.29 is 4.52 Å². The van der Waals surface area contributed by atoms with E-state index in [2.05, 4.69) is 24.3 Å². The average molecular weight is 291 g/mol. The van der Waals surface area contributed by atoms with E-state index in [9.17, 15) is 0 Å². The number of rotatable bonds is 3. The van der Waals surface area contributed by atoms with E-state index >= 15 is 0 Å². The third-order valence-corrected chi connectivity index (χ3v) is 5.40. The van der Waals surface area contributed by atoms with Gasteiger partial charge in [-0.1, -0.05) is 31.8 Å². The summed E-state index contributed by atoms with van der Waals surface area (Å²) in [7, 11) is 0. The monoisotopic (exact) mass is 291 g/mol. The lowest BCUT2D eigenvalue weighted by molar-refractivity contribution is 0.251. The minimum absolute atomic E-state index is 0.278. The van der Waals surface area contributed by atoms with Gasteiger partial charge in [-0.25, -0.2) is 0 Å². The highest BCUT2D eigenvalue weighted by atomic mass is 16.5. The second kappa shape index (κ2) is 6.91. The lowest BCUT2D eigenvalue weighted by atomic mass is 9.77. The largest absolute Gasteiger partial charge is 0.338 e. The fourth-order valence-electron chi connectivity index (χ4n) is 3.84. The van der Waals surface area contributed by atoms with Crippen LogP contribution in [0.4, 0.5) is 0 Å². The van der Waals surface area contributed by atoms with Crippen molar-refractivity contribution in [2.75, 3.05) is 6.54 Å². The summed E-state index contributed by atoms with van der Waals surface area (Å²) in [6.07, 6.45) is 10.0. The summed E-state index contributed by atoms with van der Waals surface area (Å²) >= 11 is 0. The van der Waals surface area contributed by atoms with Gasteiger partial charge in [-0.3, -0.25) is 0 Å². The fourth-order valence-corrected chi connectivity index (χ4v) is 3.84. The molecule has 4 heteroatoms. The second-order valence-corrected chi connectivity index (χ2v) is 7.20. The minimum atomic E-state index is 0.278. The van der Waals surface area contributed by atoms with Crippen LogP contribution in [0.1, 0.15) is 88.9 Å². The lowest BCUT2D eigenvalue weighted by Gasteiger charge is -2.29. The van der Waals surface area contributed by atoms with Crippen molar-refractivity contribution in [3.05, 3.63) is 11.7 Å². The van der Waals surface area contributed by atoms with Gasteiger partial charge in [0.05, 0.1) is 6.04 Å². The Morgan fingerprint density at radius 2 is 1.86 bits per heavy atom. The number of nitrogens with one attached hydrogen (secondary N) is 1. The topological polar surface area (TPSA) is 51.0 Å². The Kier molecular flexibility index (Phi) is 4.94. The average Bonchev–Trinajstić information content (AvgIpc) is 2.83. The predicted octanol–water partition coefficient (Wildman–Crippen LogP) is 4.20. The predicted molar refractivity (Wildman–Crippen MR) is 83.0 cm³/mol. The van der Waals surface area contributed by atoms with E-state index in [-0.39, 0.29) is 6.04 Å². The Bertz CT molecular complexity index is 427. The Morgan fingerprint density at radius 3 is 2.62 bits per heavy atom. The minimum Gasteiger partial charge on any atom is -0.338 e. The Morgan fingerprint density at radius 1 is 1.05 bits per heavy atom. The van der Waals surface area contributed by atoms with Crippen molar-refractivity contribution in [3.63, 3.8) is 0 Å². The van der Waals surface area contributed by atoms with Gasteiger partial charge in [-0.15, -0.1) is 0 Å². The van der Waals surface area contributed by atoms with E-state index < -0.39 is 0 Å². The molecule has 0 amide bonds. The van der Waals surface area contributed by atoms with Crippen molar-refractivity contribution in [2.24, 2.45) is 11.8 Å². The van der Waals surface area contributed by atoms with Gasteiger partial charge in [-0.05, 0) is 56.9 Å².